The fourth-order valence-corrected chi connectivity index (χ4v) is 6.32. The Morgan fingerprint density at radius 1 is 0.514 bits per heavy atom. The highest BCUT2D eigenvalue weighted by Gasteiger charge is 2.33. The van der Waals surface area contributed by atoms with Crippen LogP contribution in [0.1, 0.15) is 32.8 Å². The molecule has 0 N–H and O–H groups in total. The molecule has 2 unspecified atom stereocenters. The van der Waals surface area contributed by atoms with E-state index in [4.69, 9.17) is 0 Å². The summed E-state index contributed by atoms with van der Waals surface area (Å²) in [5.41, 5.74) is 3.34. The molecule has 2 nitrogen and oxygen atoms in total. The molecule has 0 aliphatic carbocycles. The minimum Gasteiger partial charge on any atom is -0.227 e. The molecule has 4 aromatic carbocycles. The number of hydrogen-bond acceptors (Lipinski definition) is 2. The first-order valence-corrected chi connectivity index (χ1v) is 14.3. The second kappa shape index (κ2) is 11.8. The van der Waals surface area contributed by atoms with Gasteiger partial charge in [-0.2, -0.15) is 0 Å². The zero-order chi connectivity index (χ0) is 24.7. The van der Waals surface area contributed by atoms with Crippen LogP contribution in [-0.2, 0) is 9.84 Å². The molecule has 176 valence electrons. The Balaban J connectivity index is 1.78. The van der Waals surface area contributed by atoms with E-state index in [0.717, 1.165) is 31.2 Å². The van der Waals surface area contributed by atoms with Crippen LogP contribution in [0.4, 0.5) is 0 Å². The minimum atomic E-state index is -3.72. The van der Waals surface area contributed by atoms with Crippen molar-refractivity contribution in [3.8, 4) is 0 Å². The minimum absolute atomic E-state index is 0.735. The van der Waals surface area contributed by atoms with Crippen LogP contribution in [-0.4, -0.2) is 8.42 Å². The van der Waals surface area contributed by atoms with Crippen molar-refractivity contribution in [2.75, 3.05) is 0 Å². The molecule has 0 aliphatic heterocycles. The molecule has 0 heterocycles. The highest BCUT2D eigenvalue weighted by atomic mass is 79.9. The lowest BCUT2D eigenvalue weighted by molar-refractivity contribution is 0.584. The number of hydrogen-bond donors (Lipinski definition) is 0. The van der Waals surface area contributed by atoms with Crippen LogP contribution in [0, 0.1) is 0 Å². The first-order chi connectivity index (χ1) is 16.9. The van der Waals surface area contributed by atoms with Gasteiger partial charge in [0.1, 0.15) is 10.5 Å². The zero-order valence-corrected chi connectivity index (χ0v) is 22.8. The fraction of sp³-hybridized carbons (Fsp3) is 0.0667. The van der Waals surface area contributed by atoms with E-state index in [-0.39, 0.29) is 0 Å². The molecule has 4 rings (SSSR count). The Labute approximate surface area is 224 Å². The van der Waals surface area contributed by atoms with E-state index < -0.39 is 20.3 Å². The maximum absolute atomic E-state index is 14.3. The van der Waals surface area contributed by atoms with Crippen molar-refractivity contribution >= 4 is 53.8 Å². The van der Waals surface area contributed by atoms with Crippen molar-refractivity contribution < 1.29 is 8.42 Å². The molecule has 2 atom stereocenters. The lowest BCUT2D eigenvalue weighted by atomic mass is 10.1. The molecule has 0 saturated carbocycles. The third-order valence-corrected chi connectivity index (χ3v) is 8.96. The summed E-state index contributed by atoms with van der Waals surface area (Å²) in [6, 6.07) is 34.4. The number of benzene rings is 4. The summed E-state index contributed by atoms with van der Waals surface area (Å²) in [4.78, 5) is 0. The van der Waals surface area contributed by atoms with Crippen molar-refractivity contribution in [1.29, 1.82) is 0 Å². The molecule has 35 heavy (non-hydrogen) atoms. The molecule has 0 radical (unpaired) electrons. The largest absolute Gasteiger partial charge is 0.227 e. The first-order valence-electron chi connectivity index (χ1n) is 11.1. The Morgan fingerprint density at radius 3 is 1.20 bits per heavy atom. The standard InChI is InChI=1S/C30H24Br2O2S/c31-27-17-11-23(12-18-27)15-21-29(25-7-3-1-4-8-25)35(33,34)30(26-9-5-2-6-10-26)22-16-24-13-19-28(32)20-14-24/h1-22,29-30H/b21-15-,22-16-. The second-order valence-electron chi connectivity index (χ2n) is 8.07. The van der Waals surface area contributed by atoms with Gasteiger partial charge in [0.2, 0.25) is 0 Å². The molecule has 0 spiro atoms. The normalized spacial score (nSPS) is 13.8. The van der Waals surface area contributed by atoms with E-state index in [1.165, 1.54) is 0 Å². The third-order valence-electron chi connectivity index (χ3n) is 5.63. The van der Waals surface area contributed by atoms with Gasteiger partial charge in [0.05, 0.1) is 0 Å². The van der Waals surface area contributed by atoms with Crippen LogP contribution in [0.15, 0.2) is 130 Å². The highest BCUT2D eigenvalue weighted by Crippen LogP contribution is 2.37. The van der Waals surface area contributed by atoms with Crippen LogP contribution in [0.2, 0.25) is 0 Å². The van der Waals surface area contributed by atoms with Gasteiger partial charge in [-0.25, -0.2) is 8.42 Å². The van der Waals surface area contributed by atoms with Crippen molar-refractivity contribution in [2.45, 2.75) is 10.5 Å². The highest BCUT2D eigenvalue weighted by molar-refractivity contribution is 9.10. The average Bonchev–Trinajstić information content (AvgIpc) is 2.87. The first kappa shape index (κ1) is 25.4. The summed E-state index contributed by atoms with van der Waals surface area (Å²) in [5, 5.41) is -1.63. The van der Waals surface area contributed by atoms with Crippen molar-refractivity contribution in [2.24, 2.45) is 0 Å². The molecule has 0 saturated heterocycles. The van der Waals surface area contributed by atoms with Gasteiger partial charge in [-0.15, -0.1) is 0 Å². The fourth-order valence-electron chi connectivity index (χ4n) is 3.81. The molecule has 0 fully saturated rings. The molecule has 4 aromatic rings. The monoisotopic (exact) mass is 606 g/mol. The smallest absolute Gasteiger partial charge is 0.171 e. The summed E-state index contributed by atoms with van der Waals surface area (Å²) in [7, 11) is -3.72. The van der Waals surface area contributed by atoms with Gasteiger partial charge < -0.3 is 0 Å². The molecular formula is C30H24Br2O2S. The van der Waals surface area contributed by atoms with Crippen LogP contribution in [0.25, 0.3) is 12.2 Å². The lowest BCUT2D eigenvalue weighted by Gasteiger charge is -2.21. The summed E-state index contributed by atoms with van der Waals surface area (Å²) >= 11 is 6.90. The Morgan fingerprint density at radius 2 is 0.857 bits per heavy atom. The maximum Gasteiger partial charge on any atom is 0.171 e. The van der Waals surface area contributed by atoms with E-state index in [1.807, 2.05) is 121 Å². The number of rotatable bonds is 8. The topological polar surface area (TPSA) is 34.1 Å². The Kier molecular flexibility index (Phi) is 8.55. The summed E-state index contributed by atoms with van der Waals surface area (Å²) in [6.07, 6.45) is 7.33. The van der Waals surface area contributed by atoms with Gasteiger partial charge in [0, 0.05) is 8.95 Å². The lowest BCUT2D eigenvalue weighted by Crippen LogP contribution is -2.19. The van der Waals surface area contributed by atoms with Gasteiger partial charge in [-0.05, 0) is 46.5 Å². The Hall–Kier alpha value is -2.73. The average molecular weight is 608 g/mol. The van der Waals surface area contributed by atoms with Gasteiger partial charge in [-0.3, -0.25) is 0 Å². The number of sulfone groups is 1. The van der Waals surface area contributed by atoms with Crippen LogP contribution < -0.4 is 0 Å². The van der Waals surface area contributed by atoms with Crippen LogP contribution in [0.5, 0.6) is 0 Å². The molecular weight excluding hydrogens is 584 g/mol. The third kappa shape index (κ3) is 6.69. The van der Waals surface area contributed by atoms with Gasteiger partial charge in [0.25, 0.3) is 0 Å². The molecule has 0 aromatic heterocycles. The summed E-state index contributed by atoms with van der Waals surface area (Å²) in [5.74, 6) is 0. The zero-order valence-electron chi connectivity index (χ0n) is 18.8. The van der Waals surface area contributed by atoms with Gasteiger partial charge >= 0.3 is 0 Å². The molecule has 5 heteroatoms. The summed E-state index contributed by atoms with van der Waals surface area (Å²) < 4.78 is 30.5. The van der Waals surface area contributed by atoms with Gasteiger partial charge in [-0.1, -0.05) is 141 Å². The quantitative estimate of drug-likeness (QED) is 0.200. The van der Waals surface area contributed by atoms with E-state index >= 15 is 0 Å². The predicted molar refractivity (Wildman–Crippen MR) is 154 cm³/mol. The van der Waals surface area contributed by atoms with Crippen molar-refractivity contribution in [3.63, 3.8) is 0 Å². The van der Waals surface area contributed by atoms with Crippen molar-refractivity contribution in [1.82, 2.24) is 0 Å². The molecule has 0 aliphatic rings. The maximum atomic E-state index is 14.3. The van der Waals surface area contributed by atoms with E-state index in [9.17, 15) is 8.42 Å². The summed E-state index contributed by atoms with van der Waals surface area (Å²) in [6.45, 7) is 0. The SMILES string of the molecule is O=S(=O)(C(/C=C\c1ccc(Br)cc1)c1ccccc1)C(/C=C\c1ccc(Br)cc1)c1ccccc1. The van der Waals surface area contributed by atoms with Gasteiger partial charge in [0.15, 0.2) is 9.84 Å². The van der Waals surface area contributed by atoms with E-state index in [0.29, 0.717) is 0 Å². The van der Waals surface area contributed by atoms with Crippen LogP contribution >= 0.6 is 31.9 Å². The second-order valence-corrected chi connectivity index (χ2v) is 12.1. The van der Waals surface area contributed by atoms with Crippen molar-refractivity contribution in [3.05, 3.63) is 153 Å². The predicted octanol–water partition coefficient (Wildman–Crippen LogP) is 8.84. The van der Waals surface area contributed by atoms with E-state index in [1.54, 1.807) is 12.2 Å². The molecule has 0 amide bonds. The van der Waals surface area contributed by atoms with E-state index in [2.05, 4.69) is 31.9 Å². The molecule has 0 bridgehead atoms. The van der Waals surface area contributed by atoms with Crippen LogP contribution in [0.3, 0.4) is 0 Å². The number of halogens is 2. The Bertz CT molecular complexity index is 1290.